The van der Waals surface area contributed by atoms with Crippen molar-refractivity contribution in [3.63, 3.8) is 0 Å². The SMILES string of the molecule is CNCc1cnc(C(OC)C(C)(C)C)[nH]c1=O. The van der Waals surface area contributed by atoms with E-state index in [2.05, 4.69) is 15.3 Å². The summed E-state index contributed by atoms with van der Waals surface area (Å²) in [6.45, 7) is 6.64. The number of nitrogens with zero attached hydrogens (tertiary/aromatic N) is 1. The summed E-state index contributed by atoms with van der Waals surface area (Å²) in [6.07, 6.45) is 1.38. The average molecular weight is 239 g/mol. The topological polar surface area (TPSA) is 67.0 Å². The summed E-state index contributed by atoms with van der Waals surface area (Å²) in [5.74, 6) is 0.574. The van der Waals surface area contributed by atoms with Crippen LogP contribution < -0.4 is 10.9 Å². The van der Waals surface area contributed by atoms with Crippen molar-refractivity contribution >= 4 is 0 Å². The second-order valence-electron chi connectivity index (χ2n) is 5.13. The van der Waals surface area contributed by atoms with Gasteiger partial charge in [0.1, 0.15) is 11.9 Å². The molecule has 1 aromatic heterocycles. The molecule has 1 aromatic rings. The summed E-state index contributed by atoms with van der Waals surface area (Å²) < 4.78 is 5.41. The van der Waals surface area contributed by atoms with E-state index in [1.54, 1.807) is 20.4 Å². The van der Waals surface area contributed by atoms with Crippen LogP contribution >= 0.6 is 0 Å². The van der Waals surface area contributed by atoms with Crippen LogP contribution in [-0.4, -0.2) is 24.1 Å². The smallest absolute Gasteiger partial charge is 0.255 e. The maximum Gasteiger partial charge on any atom is 0.255 e. The molecule has 5 nitrogen and oxygen atoms in total. The van der Waals surface area contributed by atoms with Crippen LogP contribution in [0.3, 0.4) is 0 Å². The quantitative estimate of drug-likeness (QED) is 0.829. The molecule has 0 aliphatic carbocycles. The molecule has 0 saturated heterocycles. The lowest BCUT2D eigenvalue weighted by atomic mass is 9.88. The molecular formula is C12H21N3O2. The van der Waals surface area contributed by atoms with Gasteiger partial charge in [-0.05, 0) is 12.5 Å². The molecule has 1 unspecified atom stereocenters. The van der Waals surface area contributed by atoms with E-state index < -0.39 is 0 Å². The summed E-state index contributed by atoms with van der Waals surface area (Å²) in [5, 5.41) is 2.93. The Morgan fingerprint density at radius 3 is 2.59 bits per heavy atom. The lowest BCUT2D eigenvalue weighted by Crippen LogP contribution is -2.27. The van der Waals surface area contributed by atoms with E-state index in [0.29, 0.717) is 17.9 Å². The molecule has 0 aliphatic heterocycles. The first-order valence-corrected chi connectivity index (χ1v) is 5.65. The minimum atomic E-state index is -0.223. The van der Waals surface area contributed by atoms with Gasteiger partial charge in [-0.2, -0.15) is 0 Å². The van der Waals surface area contributed by atoms with Crippen molar-refractivity contribution in [2.45, 2.75) is 33.4 Å². The molecule has 5 heteroatoms. The van der Waals surface area contributed by atoms with Gasteiger partial charge < -0.3 is 15.0 Å². The summed E-state index contributed by atoms with van der Waals surface area (Å²) in [5.41, 5.74) is 0.394. The Morgan fingerprint density at radius 2 is 2.18 bits per heavy atom. The molecule has 1 rings (SSSR count). The number of aromatic amines is 1. The van der Waals surface area contributed by atoms with Crippen molar-refractivity contribution in [3.8, 4) is 0 Å². The van der Waals surface area contributed by atoms with E-state index in [4.69, 9.17) is 4.74 Å². The van der Waals surface area contributed by atoms with Crippen molar-refractivity contribution < 1.29 is 4.74 Å². The van der Waals surface area contributed by atoms with Crippen molar-refractivity contribution in [1.82, 2.24) is 15.3 Å². The Balaban J connectivity index is 3.08. The third-order valence-electron chi connectivity index (χ3n) is 2.53. The van der Waals surface area contributed by atoms with E-state index >= 15 is 0 Å². The summed E-state index contributed by atoms with van der Waals surface area (Å²) in [6, 6.07) is 0. The minimum Gasteiger partial charge on any atom is -0.373 e. The summed E-state index contributed by atoms with van der Waals surface area (Å²) in [4.78, 5) is 18.8. The summed E-state index contributed by atoms with van der Waals surface area (Å²) >= 11 is 0. The fourth-order valence-corrected chi connectivity index (χ4v) is 1.76. The highest BCUT2D eigenvalue weighted by Crippen LogP contribution is 2.32. The molecule has 2 N–H and O–H groups in total. The largest absolute Gasteiger partial charge is 0.373 e. The highest BCUT2D eigenvalue weighted by Gasteiger charge is 2.28. The Morgan fingerprint density at radius 1 is 1.53 bits per heavy atom. The number of hydrogen-bond donors (Lipinski definition) is 2. The Bertz CT molecular complexity index is 420. The van der Waals surface area contributed by atoms with Crippen LogP contribution in [0.5, 0.6) is 0 Å². The molecule has 1 heterocycles. The number of ether oxygens (including phenoxy) is 1. The summed E-state index contributed by atoms with van der Waals surface area (Å²) in [7, 11) is 3.41. The zero-order valence-electron chi connectivity index (χ0n) is 11.1. The number of aromatic nitrogens is 2. The standard InChI is InChI=1S/C12H21N3O2/c1-12(2,3)9(17-5)10-14-7-8(6-13-4)11(16)15-10/h7,9,13H,6H2,1-5H3,(H,14,15,16). The van der Waals surface area contributed by atoms with Gasteiger partial charge in [0.25, 0.3) is 5.56 Å². The molecule has 0 aliphatic rings. The zero-order chi connectivity index (χ0) is 13.1. The molecule has 0 aromatic carbocycles. The lowest BCUT2D eigenvalue weighted by molar-refractivity contribution is 0.00844. The molecular weight excluding hydrogens is 218 g/mol. The second kappa shape index (κ2) is 5.42. The van der Waals surface area contributed by atoms with Crippen LogP contribution in [0.15, 0.2) is 11.0 Å². The molecule has 17 heavy (non-hydrogen) atoms. The van der Waals surface area contributed by atoms with Gasteiger partial charge in [-0.3, -0.25) is 4.79 Å². The monoisotopic (exact) mass is 239 g/mol. The molecule has 96 valence electrons. The Labute approximate surface area is 102 Å². The number of methoxy groups -OCH3 is 1. The molecule has 1 atom stereocenters. The molecule has 0 bridgehead atoms. The van der Waals surface area contributed by atoms with E-state index in [9.17, 15) is 4.79 Å². The van der Waals surface area contributed by atoms with Gasteiger partial charge in [0, 0.05) is 25.4 Å². The first kappa shape index (κ1) is 13.9. The van der Waals surface area contributed by atoms with E-state index in [0.717, 1.165) is 0 Å². The highest BCUT2D eigenvalue weighted by atomic mass is 16.5. The third-order valence-corrected chi connectivity index (χ3v) is 2.53. The first-order chi connectivity index (χ1) is 7.90. The molecule has 0 saturated carbocycles. The van der Waals surface area contributed by atoms with Crippen molar-refractivity contribution in [1.29, 1.82) is 0 Å². The molecule has 0 radical (unpaired) electrons. The fraction of sp³-hybridized carbons (Fsp3) is 0.667. The number of nitrogens with one attached hydrogen (secondary N) is 2. The normalized spacial score (nSPS) is 13.7. The third kappa shape index (κ3) is 3.38. The molecule has 0 spiro atoms. The predicted molar refractivity (Wildman–Crippen MR) is 66.8 cm³/mol. The van der Waals surface area contributed by atoms with Crippen LogP contribution in [0.25, 0.3) is 0 Å². The fourth-order valence-electron chi connectivity index (χ4n) is 1.76. The maximum absolute atomic E-state index is 11.8. The van der Waals surface area contributed by atoms with Gasteiger partial charge in [-0.1, -0.05) is 20.8 Å². The zero-order valence-corrected chi connectivity index (χ0v) is 11.1. The van der Waals surface area contributed by atoms with Crippen LogP contribution in [0.2, 0.25) is 0 Å². The van der Waals surface area contributed by atoms with Crippen molar-refractivity contribution in [3.05, 3.63) is 27.9 Å². The number of rotatable bonds is 4. The lowest BCUT2D eigenvalue weighted by Gasteiger charge is -2.28. The predicted octanol–water partition coefficient (Wildman–Crippen LogP) is 1.22. The molecule has 0 fully saturated rings. The van der Waals surface area contributed by atoms with Gasteiger partial charge in [0.15, 0.2) is 0 Å². The highest BCUT2D eigenvalue weighted by molar-refractivity contribution is 5.08. The van der Waals surface area contributed by atoms with Crippen LogP contribution in [0.1, 0.15) is 38.3 Å². The minimum absolute atomic E-state index is 0.115. The van der Waals surface area contributed by atoms with Gasteiger partial charge >= 0.3 is 0 Å². The maximum atomic E-state index is 11.8. The van der Waals surface area contributed by atoms with Gasteiger partial charge in [-0.15, -0.1) is 0 Å². The van der Waals surface area contributed by atoms with E-state index in [-0.39, 0.29) is 17.1 Å². The van der Waals surface area contributed by atoms with E-state index in [1.807, 2.05) is 20.8 Å². The van der Waals surface area contributed by atoms with Crippen LogP contribution in [-0.2, 0) is 11.3 Å². The Hall–Kier alpha value is -1.20. The van der Waals surface area contributed by atoms with Gasteiger partial charge in [0.05, 0.1) is 0 Å². The van der Waals surface area contributed by atoms with E-state index in [1.165, 1.54) is 0 Å². The van der Waals surface area contributed by atoms with Gasteiger partial charge in [-0.25, -0.2) is 4.98 Å². The van der Waals surface area contributed by atoms with Crippen molar-refractivity contribution in [2.75, 3.05) is 14.2 Å². The molecule has 0 amide bonds. The first-order valence-electron chi connectivity index (χ1n) is 5.65. The van der Waals surface area contributed by atoms with Crippen LogP contribution in [0, 0.1) is 5.41 Å². The Kier molecular flexibility index (Phi) is 4.42. The average Bonchev–Trinajstić information content (AvgIpc) is 2.21. The van der Waals surface area contributed by atoms with Gasteiger partial charge in [0.2, 0.25) is 0 Å². The van der Waals surface area contributed by atoms with Crippen LogP contribution in [0.4, 0.5) is 0 Å². The number of hydrogen-bond acceptors (Lipinski definition) is 4. The number of H-pyrrole nitrogens is 1. The van der Waals surface area contributed by atoms with Crippen molar-refractivity contribution in [2.24, 2.45) is 5.41 Å². The second-order valence-corrected chi connectivity index (χ2v) is 5.13.